The van der Waals surface area contributed by atoms with E-state index >= 15 is 0 Å². The zero-order valence-corrected chi connectivity index (χ0v) is 16.4. The first-order valence-corrected chi connectivity index (χ1v) is 9.54. The van der Waals surface area contributed by atoms with E-state index in [-0.39, 0.29) is 11.9 Å². The molecular formula is C22H22N6O. The van der Waals surface area contributed by atoms with Gasteiger partial charge in [-0.3, -0.25) is 9.78 Å². The molecule has 29 heavy (non-hydrogen) atoms. The van der Waals surface area contributed by atoms with Crippen LogP contribution in [0.15, 0.2) is 61.1 Å². The highest BCUT2D eigenvalue weighted by atomic mass is 16.1. The maximum atomic E-state index is 12.8. The minimum Gasteiger partial charge on any atom is -0.344 e. The molecule has 0 aliphatic heterocycles. The van der Waals surface area contributed by atoms with Gasteiger partial charge in [-0.25, -0.2) is 9.50 Å². The summed E-state index contributed by atoms with van der Waals surface area (Å²) in [6, 6.07) is 15.3. The third-order valence-electron chi connectivity index (χ3n) is 5.01. The summed E-state index contributed by atoms with van der Waals surface area (Å²) in [5.41, 5.74) is 4.66. The molecule has 0 aliphatic rings. The van der Waals surface area contributed by atoms with Crippen LogP contribution in [0.25, 0.3) is 5.78 Å². The average molecular weight is 386 g/mol. The first-order chi connectivity index (χ1) is 14.1. The van der Waals surface area contributed by atoms with Crippen LogP contribution in [-0.2, 0) is 11.2 Å². The fourth-order valence-electron chi connectivity index (χ4n) is 3.51. The molecule has 1 aromatic carbocycles. The lowest BCUT2D eigenvalue weighted by atomic mass is 10.0. The van der Waals surface area contributed by atoms with E-state index in [1.807, 2.05) is 62.4 Å². The fourth-order valence-corrected chi connectivity index (χ4v) is 3.51. The van der Waals surface area contributed by atoms with Crippen molar-refractivity contribution in [3.8, 4) is 0 Å². The van der Waals surface area contributed by atoms with Crippen molar-refractivity contribution >= 4 is 11.7 Å². The summed E-state index contributed by atoms with van der Waals surface area (Å²) in [7, 11) is 0. The molecule has 3 heterocycles. The second-order valence-corrected chi connectivity index (χ2v) is 6.90. The number of carbonyl (C=O) groups is 1. The smallest absolute Gasteiger partial charge is 0.252 e. The predicted molar refractivity (Wildman–Crippen MR) is 109 cm³/mol. The van der Waals surface area contributed by atoms with Gasteiger partial charge in [0.25, 0.3) is 5.78 Å². The first-order valence-electron chi connectivity index (χ1n) is 9.54. The minimum absolute atomic E-state index is 0.0398. The average Bonchev–Trinajstić information content (AvgIpc) is 3.22. The number of carbonyl (C=O) groups excluding carboxylic acids is 1. The molecule has 7 heteroatoms. The number of amides is 1. The molecule has 1 unspecified atom stereocenters. The van der Waals surface area contributed by atoms with Crippen molar-refractivity contribution in [1.82, 2.24) is 29.9 Å². The van der Waals surface area contributed by atoms with E-state index in [1.54, 1.807) is 10.7 Å². The molecule has 4 rings (SSSR count). The van der Waals surface area contributed by atoms with Crippen molar-refractivity contribution in [3.63, 3.8) is 0 Å². The number of fused-ring (bicyclic) bond motifs is 1. The third-order valence-corrected chi connectivity index (χ3v) is 5.01. The van der Waals surface area contributed by atoms with E-state index in [0.717, 1.165) is 28.2 Å². The van der Waals surface area contributed by atoms with Gasteiger partial charge >= 0.3 is 0 Å². The third kappa shape index (κ3) is 3.99. The van der Waals surface area contributed by atoms with Gasteiger partial charge in [0, 0.05) is 24.0 Å². The van der Waals surface area contributed by atoms with Gasteiger partial charge in [0.2, 0.25) is 5.91 Å². The Balaban J connectivity index is 1.52. The molecule has 0 radical (unpaired) electrons. The molecule has 0 bridgehead atoms. The van der Waals surface area contributed by atoms with Crippen LogP contribution < -0.4 is 5.32 Å². The van der Waals surface area contributed by atoms with Crippen LogP contribution in [-0.4, -0.2) is 30.5 Å². The van der Waals surface area contributed by atoms with Crippen molar-refractivity contribution in [2.45, 2.75) is 32.7 Å². The lowest BCUT2D eigenvalue weighted by Gasteiger charge is -2.19. The Morgan fingerprint density at radius 2 is 1.86 bits per heavy atom. The van der Waals surface area contributed by atoms with Gasteiger partial charge in [0.1, 0.15) is 6.33 Å². The summed E-state index contributed by atoms with van der Waals surface area (Å²) in [5, 5.41) is 7.34. The van der Waals surface area contributed by atoms with Crippen molar-refractivity contribution < 1.29 is 4.79 Å². The molecular weight excluding hydrogens is 364 g/mol. The Kier molecular flexibility index (Phi) is 5.29. The Morgan fingerprint density at radius 3 is 2.62 bits per heavy atom. The summed E-state index contributed by atoms with van der Waals surface area (Å²) in [5.74, 6) is 0.537. The summed E-state index contributed by atoms with van der Waals surface area (Å²) in [6.45, 7) is 3.92. The van der Waals surface area contributed by atoms with Gasteiger partial charge < -0.3 is 5.32 Å². The molecule has 0 saturated heterocycles. The highest BCUT2D eigenvalue weighted by molar-refractivity contribution is 5.77. The Hall–Kier alpha value is -3.61. The Bertz CT molecular complexity index is 1080. The molecule has 1 amide bonds. The van der Waals surface area contributed by atoms with Crippen LogP contribution in [0, 0.1) is 13.8 Å². The van der Waals surface area contributed by atoms with E-state index in [1.165, 1.54) is 6.33 Å². The second-order valence-electron chi connectivity index (χ2n) is 6.90. The Morgan fingerprint density at radius 1 is 1.07 bits per heavy atom. The largest absolute Gasteiger partial charge is 0.344 e. The molecule has 3 aromatic heterocycles. The molecule has 1 atom stereocenters. The minimum atomic E-state index is -0.289. The molecule has 0 fully saturated rings. The van der Waals surface area contributed by atoms with Crippen molar-refractivity contribution in [1.29, 1.82) is 0 Å². The van der Waals surface area contributed by atoms with Crippen molar-refractivity contribution in [3.05, 3.63) is 89.3 Å². The number of nitrogens with one attached hydrogen (secondary N) is 1. The second kappa shape index (κ2) is 8.18. The van der Waals surface area contributed by atoms with E-state index in [0.29, 0.717) is 18.6 Å². The summed E-state index contributed by atoms with van der Waals surface area (Å²) >= 11 is 0. The number of aromatic nitrogens is 5. The summed E-state index contributed by atoms with van der Waals surface area (Å²) in [4.78, 5) is 25.9. The number of rotatable bonds is 6. The number of benzene rings is 1. The molecule has 7 nitrogen and oxygen atoms in total. The predicted octanol–water partition coefficient (Wildman–Crippen LogP) is 2.97. The van der Waals surface area contributed by atoms with E-state index in [4.69, 9.17) is 0 Å². The molecule has 0 aliphatic carbocycles. The van der Waals surface area contributed by atoms with Crippen LogP contribution in [0.1, 0.15) is 40.7 Å². The maximum absolute atomic E-state index is 12.8. The molecule has 0 spiro atoms. The number of pyridine rings is 1. The zero-order chi connectivity index (χ0) is 20.2. The Labute approximate surface area is 168 Å². The fraction of sp³-hybridized carbons (Fsp3) is 0.227. The number of aryl methyl sites for hydroxylation is 2. The zero-order valence-electron chi connectivity index (χ0n) is 16.4. The number of hydrogen-bond acceptors (Lipinski definition) is 5. The van der Waals surface area contributed by atoms with Crippen molar-refractivity contribution in [2.75, 3.05) is 0 Å². The number of nitrogens with zero attached hydrogens (tertiary/aromatic N) is 5. The molecule has 0 saturated carbocycles. The molecule has 1 N–H and O–H groups in total. The van der Waals surface area contributed by atoms with Gasteiger partial charge in [-0.05, 0) is 43.5 Å². The molecule has 146 valence electrons. The first kappa shape index (κ1) is 18.7. The van der Waals surface area contributed by atoms with Gasteiger partial charge in [0.05, 0.1) is 11.7 Å². The van der Waals surface area contributed by atoms with Gasteiger partial charge in [-0.1, -0.05) is 36.4 Å². The van der Waals surface area contributed by atoms with Crippen molar-refractivity contribution in [2.24, 2.45) is 0 Å². The topological polar surface area (TPSA) is 85.1 Å². The monoisotopic (exact) mass is 386 g/mol. The molecule has 4 aromatic rings. The highest BCUT2D eigenvalue weighted by Crippen LogP contribution is 2.21. The number of hydrogen-bond donors (Lipinski definition) is 1. The van der Waals surface area contributed by atoms with Gasteiger partial charge in [-0.15, -0.1) is 0 Å². The SMILES string of the molecule is Cc1nc2ncnn2c(C)c1CCC(=O)NC(c1ccccc1)c1ccccn1. The van der Waals surface area contributed by atoms with E-state index in [2.05, 4.69) is 25.4 Å². The van der Waals surface area contributed by atoms with Crippen LogP contribution >= 0.6 is 0 Å². The van der Waals surface area contributed by atoms with E-state index in [9.17, 15) is 4.79 Å². The maximum Gasteiger partial charge on any atom is 0.252 e. The lowest BCUT2D eigenvalue weighted by molar-refractivity contribution is -0.121. The van der Waals surface area contributed by atoms with Crippen LogP contribution in [0.2, 0.25) is 0 Å². The summed E-state index contributed by atoms with van der Waals surface area (Å²) in [6.07, 6.45) is 4.15. The lowest BCUT2D eigenvalue weighted by Crippen LogP contribution is -2.30. The van der Waals surface area contributed by atoms with Crippen LogP contribution in [0.4, 0.5) is 0 Å². The van der Waals surface area contributed by atoms with Crippen LogP contribution in [0.3, 0.4) is 0 Å². The van der Waals surface area contributed by atoms with Gasteiger partial charge in [-0.2, -0.15) is 10.1 Å². The van der Waals surface area contributed by atoms with E-state index < -0.39 is 0 Å². The summed E-state index contributed by atoms with van der Waals surface area (Å²) < 4.78 is 1.71. The quantitative estimate of drug-likeness (QED) is 0.551. The highest BCUT2D eigenvalue weighted by Gasteiger charge is 2.19. The van der Waals surface area contributed by atoms with Gasteiger partial charge in [0.15, 0.2) is 0 Å². The standard InChI is InChI=1S/C22H22N6O/c1-15-18(16(2)28-22(26-15)24-14-25-28)11-12-20(29)27-21(17-8-4-3-5-9-17)19-10-6-7-13-23-19/h3-10,13-14,21H,11-12H2,1-2H3,(H,27,29). The van der Waals surface area contributed by atoms with Crippen LogP contribution in [0.5, 0.6) is 0 Å². The normalized spacial score (nSPS) is 12.1.